The van der Waals surface area contributed by atoms with Gasteiger partial charge in [-0.05, 0) is 48.7 Å². The lowest BCUT2D eigenvalue weighted by Crippen LogP contribution is -2.18. The van der Waals surface area contributed by atoms with Crippen LogP contribution in [0.4, 0.5) is 0 Å². The maximum atomic E-state index is 10.9. The van der Waals surface area contributed by atoms with E-state index in [1.54, 1.807) is 6.20 Å². The summed E-state index contributed by atoms with van der Waals surface area (Å²) in [6, 6.07) is 9.70. The first-order chi connectivity index (χ1) is 9.52. The van der Waals surface area contributed by atoms with Crippen LogP contribution in [-0.2, 0) is 11.3 Å². The first-order valence-corrected chi connectivity index (χ1v) is 6.48. The van der Waals surface area contributed by atoms with Crippen LogP contribution < -0.4 is 10.1 Å². The van der Waals surface area contributed by atoms with Gasteiger partial charge in [0.05, 0.1) is 0 Å². The molecule has 0 radical (unpaired) electrons. The normalized spacial score (nSPS) is 10.2. The summed E-state index contributed by atoms with van der Waals surface area (Å²) in [6.07, 6.45) is 1.68. The molecule has 0 bridgehead atoms. The number of benzene rings is 1. The van der Waals surface area contributed by atoms with Crippen LogP contribution in [0.2, 0.25) is 0 Å². The predicted octanol–water partition coefficient (Wildman–Crippen LogP) is 3.13. The molecule has 0 aliphatic heterocycles. The fourth-order valence-corrected chi connectivity index (χ4v) is 1.96. The number of carbonyl (C=O) groups is 1. The molecule has 20 heavy (non-hydrogen) atoms. The van der Waals surface area contributed by atoms with Gasteiger partial charge < -0.3 is 10.1 Å². The van der Waals surface area contributed by atoms with E-state index in [4.69, 9.17) is 4.74 Å². The quantitative estimate of drug-likeness (QED) is 0.928. The largest absolute Gasteiger partial charge is 0.439 e. The lowest BCUT2D eigenvalue weighted by Gasteiger charge is -2.08. The average Bonchev–Trinajstić information content (AvgIpc) is 2.35. The van der Waals surface area contributed by atoms with Crippen molar-refractivity contribution in [3.8, 4) is 11.6 Å². The molecule has 0 aliphatic carbocycles. The Hall–Kier alpha value is -2.36. The summed E-state index contributed by atoms with van der Waals surface area (Å²) < 4.78 is 5.76. The van der Waals surface area contributed by atoms with E-state index < -0.39 is 0 Å². The number of ether oxygens (including phenoxy) is 1. The van der Waals surface area contributed by atoms with Gasteiger partial charge in [0.25, 0.3) is 0 Å². The molecular weight excluding hydrogens is 252 g/mol. The minimum Gasteiger partial charge on any atom is -0.439 e. The number of nitrogens with one attached hydrogen (secondary N) is 1. The number of pyridine rings is 1. The zero-order chi connectivity index (χ0) is 14.5. The molecule has 1 N–H and O–H groups in total. The van der Waals surface area contributed by atoms with E-state index in [1.807, 2.05) is 38.1 Å². The molecule has 0 atom stereocenters. The molecule has 2 aromatic rings. The molecule has 1 amide bonds. The summed E-state index contributed by atoms with van der Waals surface area (Å²) >= 11 is 0. The van der Waals surface area contributed by atoms with Crippen molar-refractivity contribution in [1.82, 2.24) is 10.3 Å². The van der Waals surface area contributed by atoms with Crippen molar-refractivity contribution in [2.45, 2.75) is 27.3 Å². The number of aryl methyl sites for hydroxylation is 2. The maximum absolute atomic E-state index is 10.9. The van der Waals surface area contributed by atoms with E-state index in [9.17, 15) is 4.79 Å². The molecular formula is C16H18N2O2. The number of nitrogens with zero attached hydrogens (tertiary/aromatic N) is 1. The molecule has 4 heteroatoms. The Morgan fingerprint density at radius 2 is 1.90 bits per heavy atom. The van der Waals surface area contributed by atoms with Crippen LogP contribution in [0.3, 0.4) is 0 Å². The molecule has 1 heterocycles. The highest BCUT2D eigenvalue weighted by Gasteiger charge is 2.02. The first kappa shape index (κ1) is 14.1. The Morgan fingerprint density at radius 1 is 1.20 bits per heavy atom. The van der Waals surface area contributed by atoms with Crippen LogP contribution in [0.5, 0.6) is 11.6 Å². The van der Waals surface area contributed by atoms with Crippen LogP contribution in [0.25, 0.3) is 0 Å². The number of hydrogen-bond acceptors (Lipinski definition) is 3. The second-order valence-corrected chi connectivity index (χ2v) is 4.84. The monoisotopic (exact) mass is 270 g/mol. The Bertz CT molecular complexity index is 603. The van der Waals surface area contributed by atoms with Crippen molar-refractivity contribution < 1.29 is 9.53 Å². The highest BCUT2D eigenvalue weighted by Crippen LogP contribution is 2.22. The van der Waals surface area contributed by atoms with Gasteiger partial charge >= 0.3 is 0 Å². The van der Waals surface area contributed by atoms with Crippen LogP contribution >= 0.6 is 0 Å². The molecule has 1 aromatic carbocycles. The van der Waals surface area contributed by atoms with E-state index in [-0.39, 0.29) is 5.91 Å². The third kappa shape index (κ3) is 4.09. The van der Waals surface area contributed by atoms with E-state index in [0.717, 1.165) is 22.4 Å². The minimum absolute atomic E-state index is 0.0569. The summed E-state index contributed by atoms with van der Waals surface area (Å²) in [7, 11) is 0. The highest BCUT2D eigenvalue weighted by molar-refractivity contribution is 5.72. The van der Waals surface area contributed by atoms with E-state index in [0.29, 0.717) is 12.4 Å². The molecule has 0 saturated carbocycles. The zero-order valence-corrected chi connectivity index (χ0v) is 11.9. The molecule has 104 valence electrons. The van der Waals surface area contributed by atoms with E-state index in [1.165, 1.54) is 6.92 Å². The van der Waals surface area contributed by atoms with Crippen LogP contribution in [0, 0.1) is 13.8 Å². The smallest absolute Gasteiger partial charge is 0.219 e. The van der Waals surface area contributed by atoms with Crippen molar-refractivity contribution in [1.29, 1.82) is 0 Å². The van der Waals surface area contributed by atoms with Gasteiger partial charge in [-0.25, -0.2) is 4.98 Å². The Balaban J connectivity index is 2.12. The number of amides is 1. The second-order valence-electron chi connectivity index (χ2n) is 4.84. The lowest BCUT2D eigenvalue weighted by atomic mass is 10.1. The topological polar surface area (TPSA) is 51.2 Å². The SMILES string of the molecule is CC(=O)NCc1ccnc(Oc2cc(C)cc(C)c2)c1. The third-order valence-corrected chi connectivity index (χ3v) is 2.76. The van der Waals surface area contributed by atoms with Crippen molar-refractivity contribution in [2.75, 3.05) is 0 Å². The minimum atomic E-state index is -0.0569. The Labute approximate surface area is 118 Å². The Morgan fingerprint density at radius 3 is 2.55 bits per heavy atom. The average molecular weight is 270 g/mol. The highest BCUT2D eigenvalue weighted by atomic mass is 16.5. The van der Waals surface area contributed by atoms with Crippen molar-refractivity contribution in [2.24, 2.45) is 0 Å². The zero-order valence-electron chi connectivity index (χ0n) is 11.9. The van der Waals surface area contributed by atoms with Gasteiger partial charge in [-0.15, -0.1) is 0 Å². The predicted molar refractivity (Wildman–Crippen MR) is 77.7 cm³/mol. The van der Waals surface area contributed by atoms with Crippen LogP contribution in [0.15, 0.2) is 36.5 Å². The van der Waals surface area contributed by atoms with Crippen LogP contribution in [-0.4, -0.2) is 10.9 Å². The molecule has 4 nitrogen and oxygen atoms in total. The van der Waals surface area contributed by atoms with E-state index >= 15 is 0 Å². The number of rotatable bonds is 4. The first-order valence-electron chi connectivity index (χ1n) is 6.48. The van der Waals surface area contributed by atoms with Gasteiger partial charge in [0.2, 0.25) is 11.8 Å². The second kappa shape index (κ2) is 6.19. The van der Waals surface area contributed by atoms with Crippen LogP contribution in [0.1, 0.15) is 23.6 Å². The van der Waals surface area contributed by atoms with Gasteiger partial charge in [-0.2, -0.15) is 0 Å². The molecule has 0 fully saturated rings. The molecule has 0 spiro atoms. The maximum Gasteiger partial charge on any atom is 0.219 e. The third-order valence-electron chi connectivity index (χ3n) is 2.76. The number of hydrogen-bond donors (Lipinski definition) is 1. The van der Waals surface area contributed by atoms with Crippen molar-refractivity contribution >= 4 is 5.91 Å². The van der Waals surface area contributed by atoms with Gasteiger partial charge in [0.15, 0.2) is 0 Å². The van der Waals surface area contributed by atoms with Crippen molar-refractivity contribution in [3.63, 3.8) is 0 Å². The summed E-state index contributed by atoms with van der Waals surface area (Å²) in [5.74, 6) is 1.24. The van der Waals surface area contributed by atoms with Gasteiger partial charge in [-0.3, -0.25) is 4.79 Å². The standard InChI is InChI=1S/C16H18N2O2/c1-11-6-12(2)8-15(7-11)20-16-9-14(4-5-17-16)10-18-13(3)19/h4-9H,10H2,1-3H3,(H,18,19). The lowest BCUT2D eigenvalue weighted by molar-refractivity contribution is -0.119. The summed E-state index contributed by atoms with van der Waals surface area (Å²) in [6.45, 7) is 6.02. The van der Waals surface area contributed by atoms with Gasteiger partial charge in [0, 0.05) is 25.7 Å². The van der Waals surface area contributed by atoms with E-state index in [2.05, 4.69) is 16.4 Å². The molecule has 0 saturated heterocycles. The number of aromatic nitrogens is 1. The van der Waals surface area contributed by atoms with Crippen molar-refractivity contribution in [3.05, 3.63) is 53.2 Å². The number of carbonyl (C=O) groups excluding carboxylic acids is 1. The summed E-state index contributed by atoms with van der Waals surface area (Å²) in [4.78, 5) is 15.1. The summed E-state index contributed by atoms with van der Waals surface area (Å²) in [5, 5.41) is 2.75. The summed E-state index contributed by atoms with van der Waals surface area (Å²) in [5.41, 5.74) is 3.25. The molecule has 0 unspecified atom stereocenters. The fraction of sp³-hybridized carbons (Fsp3) is 0.250. The van der Waals surface area contributed by atoms with Gasteiger partial charge in [0.1, 0.15) is 5.75 Å². The molecule has 1 aromatic heterocycles. The fourth-order valence-electron chi connectivity index (χ4n) is 1.96. The Kier molecular flexibility index (Phi) is 4.35. The van der Waals surface area contributed by atoms with Gasteiger partial charge in [-0.1, -0.05) is 6.07 Å². The molecule has 2 rings (SSSR count). The molecule has 0 aliphatic rings.